The number of hydrogen-bond donors (Lipinski definition) is 1. The van der Waals surface area contributed by atoms with Gasteiger partial charge < -0.3 is 5.32 Å². The molecule has 1 aliphatic rings. The maximum Gasteiger partial charge on any atom is 0.0931 e. The standard InChI is InChI=1S/C16H26ClNS/c1-4-18-10-13-6-5-12(11(2)3)9-14(13)15-7-8-16(17)19-15/h7-8,11-14,18H,4-6,9-10H2,1-3H3. The van der Waals surface area contributed by atoms with Crippen LogP contribution in [0.2, 0.25) is 4.34 Å². The molecule has 1 heterocycles. The molecule has 0 aliphatic heterocycles. The second kappa shape index (κ2) is 7.10. The smallest absolute Gasteiger partial charge is 0.0931 e. The maximum absolute atomic E-state index is 6.13. The van der Waals surface area contributed by atoms with Gasteiger partial charge in [0.15, 0.2) is 0 Å². The van der Waals surface area contributed by atoms with Gasteiger partial charge in [0.1, 0.15) is 0 Å². The minimum absolute atomic E-state index is 0.706. The predicted molar refractivity (Wildman–Crippen MR) is 86.3 cm³/mol. The lowest BCUT2D eigenvalue weighted by Gasteiger charge is -2.37. The fraction of sp³-hybridized carbons (Fsp3) is 0.750. The van der Waals surface area contributed by atoms with Gasteiger partial charge in [-0.25, -0.2) is 0 Å². The molecule has 108 valence electrons. The monoisotopic (exact) mass is 299 g/mol. The van der Waals surface area contributed by atoms with Crippen molar-refractivity contribution >= 4 is 22.9 Å². The van der Waals surface area contributed by atoms with Crippen molar-refractivity contribution < 1.29 is 0 Å². The summed E-state index contributed by atoms with van der Waals surface area (Å²) in [5, 5.41) is 3.54. The summed E-state index contributed by atoms with van der Waals surface area (Å²) in [5.74, 6) is 3.17. The number of rotatable bonds is 5. The lowest BCUT2D eigenvalue weighted by molar-refractivity contribution is 0.193. The molecule has 0 saturated heterocycles. The molecular weight excluding hydrogens is 274 g/mol. The molecule has 1 nitrogen and oxygen atoms in total. The van der Waals surface area contributed by atoms with E-state index < -0.39 is 0 Å². The van der Waals surface area contributed by atoms with Crippen molar-refractivity contribution in [1.82, 2.24) is 5.32 Å². The highest BCUT2D eigenvalue weighted by Gasteiger charge is 2.33. The highest BCUT2D eigenvalue weighted by atomic mass is 35.5. The van der Waals surface area contributed by atoms with E-state index in [1.54, 1.807) is 11.3 Å². The van der Waals surface area contributed by atoms with Crippen LogP contribution in [0, 0.1) is 17.8 Å². The van der Waals surface area contributed by atoms with Crippen molar-refractivity contribution in [3.8, 4) is 0 Å². The fourth-order valence-corrected chi connectivity index (χ4v) is 4.59. The predicted octanol–water partition coefficient (Wildman–Crippen LogP) is 5.17. The van der Waals surface area contributed by atoms with Crippen LogP contribution in [0.3, 0.4) is 0 Å². The first-order valence-corrected chi connectivity index (χ1v) is 8.77. The number of halogens is 1. The van der Waals surface area contributed by atoms with Crippen molar-refractivity contribution in [3.05, 3.63) is 21.3 Å². The summed E-state index contributed by atoms with van der Waals surface area (Å²) in [5.41, 5.74) is 0. The quantitative estimate of drug-likeness (QED) is 0.791. The lowest BCUT2D eigenvalue weighted by Crippen LogP contribution is -2.32. The third-order valence-corrected chi connectivity index (χ3v) is 5.96. The van der Waals surface area contributed by atoms with E-state index in [0.717, 1.165) is 35.2 Å². The fourth-order valence-electron chi connectivity index (χ4n) is 3.32. The van der Waals surface area contributed by atoms with E-state index >= 15 is 0 Å². The molecule has 3 unspecified atom stereocenters. The van der Waals surface area contributed by atoms with E-state index in [-0.39, 0.29) is 0 Å². The van der Waals surface area contributed by atoms with Crippen LogP contribution in [0.4, 0.5) is 0 Å². The van der Waals surface area contributed by atoms with Crippen molar-refractivity contribution in [2.75, 3.05) is 13.1 Å². The van der Waals surface area contributed by atoms with Crippen molar-refractivity contribution in [2.24, 2.45) is 17.8 Å². The Balaban J connectivity index is 2.10. The third kappa shape index (κ3) is 3.96. The van der Waals surface area contributed by atoms with Crippen LogP contribution < -0.4 is 5.32 Å². The molecule has 0 amide bonds. The van der Waals surface area contributed by atoms with Crippen molar-refractivity contribution in [1.29, 1.82) is 0 Å². The summed E-state index contributed by atoms with van der Waals surface area (Å²) < 4.78 is 0.934. The average molecular weight is 300 g/mol. The van der Waals surface area contributed by atoms with Gasteiger partial charge >= 0.3 is 0 Å². The van der Waals surface area contributed by atoms with Gasteiger partial charge in [0, 0.05) is 4.88 Å². The Morgan fingerprint density at radius 3 is 2.74 bits per heavy atom. The van der Waals surface area contributed by atoms with E-state index in [1.165, 1.54) is 24.1 Å². The molecule has 19 heavy (non-hydrogen) atoms. The first kappa shape index (κ1) is 15.3. The Hall–Kier alpha value is -0.0500. The summed E-state index contributed by atoms with van der Waals surface area (Å²) in [7, 11) is 0. The number of thiophene rings is 1. The molecule has 1 aliphatic carbocycles. The van der Waals surface area contributed by atoms with Gasteiger partial charge in [0.25, 0.3) is 0 Å². The molecule has 2 rings (SSSR count). The normalized spacial score (nSPS) is 27.9. The van der Waals surface area contributed by atoms with Gasteiger partial charge in [-0.3, -0.25) is 0 Å². The molecule has 0 spiro atoms. The second-order valence-corrected chi connectivity index (χ2v) is 7.88. The molecule has 1 fully saturated rings. The van der Waals surface area contributed by atoms with Crippen LogP contribution in [-0.4, -0.2) is 13.1 Å². The van der Waals surface area contributed by atoms with E-state index in [2.05, 4.69) is 38.2 Å². The maximum atomic E-state index is 6.13. The van der Waals surface area contributed by atoms with Crippen molar-refractivity contribution in [2.45, 2.75) is 46.0 Å². The summed E-state index contributed by atoms with van der Waals surface area (Å²) in [6, 6.07) is 4.31. The molecule has 1 aromatic rings. The van der Waals surface area contributed by atoms with Gasteiger partial charge in [-0.2, -0.15) is 0 Å². The minimum Gasteiger partial charge on any atom is -0.317 e. The molecule has 0 bridgehead atoms. The SMILES string of the molecule is CCNCC1CCC(C(C)C)CC1c1ccc(Cl)s1. The topological polar surface area (TPSA) is 12.0 Å². The lowest BCUT2D eigenvalue weighted by atomic mass is 9.70. The highest BCUT2D eigenvalue weighted by molar-refractivity contribution is 7.16. The Morgan fingerprint density at radius 1 is 1.37 bits per heavy atom. The van der Waals surface area contributed by atoms with Gasteiger partial charge in [0.05, 0.1) is 4.34 Å². The van der Waals surface area contributed by atoms with Crippen LogP contribution in [0.25, 0.3) is 0 Å². The first-order chi connectivity index (χ1) is 9.11. The molecule has 3 atom stereocenters. The van der Waals surface area contributed by atoms with Crippen LogP contribution in [0.5, 0.6) is 0 Å². The van der Waals surface area contributed by atoms with Gasteiger partial charge in [-0.15, -0.1) is 11.3 Å². The summed E-state index contributed by atoms with van der Waals surface area (Å²) in [6.45, 7) is 9.15. The highest BCUT2D eigenvalue weighted by Crippen LogP contribution is 2.45. The van der Waals surface area contributed by atoms with Crippen LogP contribution >= 0.6 is 22.9 Å². The first-order valence-electron chi connectivity index (χ1n) is 7.57. The average Bonchev–Trinajstić information content (AvgIpc) is 2.82. The van der Waals surface area contributed by atoms with Gasteiger partial charge in [0.2, 0.25) is 0 Å². The summed E-state index contributed by atoms with van der Waals surface area (Å²) in [6.07, 6.45) is 4.09. The molecular formula is C16H26ClNS. The Labute approximate surface area is 126 Å². The molecule has 0 aromatic carbocycles. The zero-order valence-corrected chi connectivity index (χ0v) is 13.9. The van der Waals surface area contributed by atoms with E-state index in [1.807, 2.05) is 0 Å². The third-order valence-electron chi connectivity index (χ3n) is 4.59. The van der Waals surface area contributed by atoms with E-state index in [9.17, 15) is 0 Å². The Bertz CT molecular complexity index is 388. The number of nitrogens with one attached hydrogen (secondary N) is 1. The molecule has 0 radical (unpaired) electrons. The summed E-state index contributed by atoms with van der Waals surface area (Å²) in [4.78, 5) is 1.50. The van der Waals surface area contributed by atoms with Crippen LogP contribution in [0.1, 0.15) is 50.8 Å². The molecule has 3 heteroatoms. The zero-order valence-electron chi connectivity index (χ0n) is 12.3. The van der Waals surface area contributed by atoms with E-state index in [0.29, 0.717) is 5.92 Å². The van der Waals surface area contributed by atoms with Gasteiger partial charge in [-0.05, 0) is 68.2 Å². The molecule has 1 N–H and O–H groups in total. The molecule has 1 saturated carbocycles. The zero-order chi connectivity index (χ0) is 13.8. The summed E-state index contributed by atoms with van der Waals surface area (Å²) >= 11 is 7.92. The largest absolute Gasteiger partial charge is 0.317 e. The Morgan fingerprint density at radius 2 is 2.16 bits per heavy atom. The second-order valence-electron chi connectivity index (χ2n) is 6.13. The van der Waals surface area contributed by atoms with Gasteiger partial charge in [-0.1, -0.05) is 32.4 Å². The van der Waals surface area contributed by atoms with E-state index in [4.69, 9.17) is 11.6 Å². The minimum atomic E-state index is 0.706. The van der Waals surface area contributed by atoms with Crippen molar-refractivity contribution in [3.63, 3.8) is 0 Å². The number of hydrogen-bond acceptors (Lipinski definition) is 2. The molecule has 1 aromatic heterocycles. The Kier molecular flexibility index (Phi) is 5.73. The van der Waals surface area contributed by atoms with Crippen LogP contribution in [0.15, 0.2) is 12.1 Å². The van der Waals surface area contributed by atoms with Crippen LogP contribution in [-0.2, 0) is 0 Å².